The monoisotopic (exact) mass is 526 g/mol. The fourth-order valence-electron chi connectivity index (χ4n) is 3.86. The van der Waals surface area contributed by atoms with E-state index >= 15 is 0 Å². The van der Waals surface area contributed by atoms with Gasteiger partial charge >= 0.3 is 18.3 Å². The molecule has 3 aromatic rings. The average molecular weight is 526 g/mol. The summed E-state index contributed by atoms with van der Waals surface area (Å²) in [6, 6.07) is 11.7. The van der Waals surface area contributed by atoms with Crippen molar-refractivity contribution in [2.75, 3.05) is 7.11 Å². The molecule has 3 rings (SSSR count). The molecule has 10 heteroatoms. The van der Waals surface area contributed by atoms with Crippen molar-refractivity contribution in [2.45, 2.75) is 38.5 Å². The zero-order valence-corrected chi connectivity index (χ0v) is 20.1. The number of methoxy groups -OCH3 is 1. The van der Waals surface area contributed by atoms with E-state index in [1.54, 1.807) is 0 Å². The Bertz CT molecular complexity index is 1250. The zero-order chi connectivity index (χ0) is 27.5. The predicted octanol–water partition coefficient (Wildman–Crippen LogP) is 8.41. The van der Waals surface area contributed by atoms with Crippen LogP contribution in [0.1, 0.15) is 42.9 Å². The molecule has 0 radical (unpaired) electrons. The van der Waals surface area contributed by atoms with Crippen LogP contribution in [0.5, 0.6) is 17.2 Å². The molecule has 0 fully saturated rings. The minimum Gasteiger partial charge on any atom is -0.496 e. The van der Waals surface area contributed by atoms with Crippen molar-refractivity contribution in [1.82, 2.24) is 0 Å². The second-order valence-corrected chi connectivity index (χ2v) is 8.85. The lowest BCUT2D eigenvalue weighted by Crippen LogP contribution is -2.14. The van der Waals surface area contributed by atoms with Crippen molar-refractivity contribution in [3.8, 4) is 28.4 Å². The first-order chi connectivity index (χ1) is 17.2. The quantitative estimate of drug-likeness (QED) is 0.300. The molecule has 1 atom stereocenters. The van der Waals surface area contributed by atoms with E-state index in [-0.39, 0.29) is 23.8 Å². The molecule has 0 saturated carbocycles. The van der Waals surface area contributed by atoms with Crippen molar-refractivity contribution in [3.63, 3.8) is 0 Å². The fourth-order valence-corrected chi connectivity index (χ4v) is 3.86. The molecule has 0 spiro atoms. The Kier molecular flexibility index (Phi) is 8.09. The summed E-state index contributed by atoms with van der Waals surface area (Å²) in [6.45, 7) is 3.67. The number of rotatable bonds is 8. The number of aliphatic carboxylic acids is 1. The van der Waals surface area contributed by atoms with E-state index in [2.05, 4.69) is 0 Å². The van der Waals surface area contributed by atoms with Gasteiger partial charge in [0.05, 0.1) is 18.6 Å². The number of alkyl halides is 6. The van der Waals surface area contributed by atoms with Gasteiger partial charge < -0.3 is 14.6 Å². The Labute approximate surface area is 209 Å². The maximum absolute atomic E-state index is 13.5. The molecule has 0 aliphatic rings. The number of halogens is 6. The first-order valence-corrected chi connectivity index (χ1v) is 11.2. The lowest BCUT2D eigenvalue weighted by molar-refractivity contribution is -0.140. The Morgan fingerprint density at radius 1 is 0.838 bits per heavy atom. The molecule has 1 N–H and O–H groups in total. The summed E-state index contributed by atoms with van der Waals surface area (Å²) < 4.78 is 89.9. The van der Waals surface area contributed by atoms with Crippen molar-refractivity contribution >= 4 is 5.97 Å². The van der Waals surface area contributed by atoms with Gasteiger partial charge in [0.25, 0.3) is 0 Å². The van der Waals surface area contributed by atoms with Gasteiger partial charge in [0, 0.05) is 0 Å². The molecule has 1 unspecified atom stereocenters. The van der Waals surface area contributed by atoms with Gasteiger partial charge in [-0.05, 0) is 71.5 Å². The van der Waals surface area contributed by atoms with E-state index in [0.717, 1.165) is 31.4 Å². The number of carboxylic acids is 1. The van der Waals surface area contributed by atoms with Gasteiger partial charge in [0.2, 0.25) is 0 Å². The van der Waals surface area contributed by atoms with Crippen LogP contribution < -0.4 is 9.47 Å². The van der Waals surface area contributed by atoms with Crippen LogP contribution in [-0.2, 0) is 17.1 Å². The minimum atomic E-state index is -4.72. The largest absolute Gasteiger partial charge is 0.496 e. The van der Waals surface area contributed by atoms with Gasteiger partial charge in [-0.2, -0.15) is 26.3 Å². The summed E-state index contributed by atoms with van der Waals surface area (Å²) >= 11 is 0. The highest BCUT2D eigenvalue weighted by Gasteiger charge is 2.35. The maximum Gasteiger partial charge on any atom is 0.420 e. The fraction of sp³-hybridized carbons (Fsp3) is 0.296. The molecule has 0 aliphatic heterocycles. The summed E-state index contributed by atoms with van der Waals surface area (Å²) in [6.07, 6.45) is -9.00. The number of hydrogen-bond donors (Lipinski definition) is 1. The molecule has 0 heterocycles. The molecule has 37 heavy (non-hydrogen) atoms. The molecule has 0 saturated heterocycles. The van der Waals surface area contributed by atoms with Gasteiger partial charge in [-0.3, -0.25) is 4.79 Å². The highest BCUT2D eigenvalue weighted by molar-refractivity contribution is 5.78. The van der Waals surface area contributed by atoms with Gasteiger partial charge in [-0.25, -0.2) is 0 Å². The molecular weight excluding hydrogens is 502 g/mol. The van der Waals surface area contributed by atoms with Crippen molar-refractivity contribution < 1.29 is 45.7 Å². The number of carbonyl (C=O) groups is 1. The van der Waals surface area contributed by atoms with E-state index in [4.69, 9.17) is 9.47 Å². The van der Waals surface area contributed by atoms with E-state index in [9.17, 15) is 36.2 Å². The van der Waals surface area contributed by atoms with E-state index in [1.165, 1.54) is 36.4 Å². The Morgan fingerprint density at radius 2 is 1.49 bits per heavy atom. The van der Waals surface area contributed by atoms with Crippen LogP contribution in [0.2, 0.25) is 0 Å². The number of carboxylic acid groups (broad SMARTS) is 1. The van der Waals surface area contributed by atoms with Gasteiger partial charge in [-0.1, -0.05) is 32.0 Å². The molecular formula is C27H24F6O4. The highest BCUT2D eigenvalue weighted by Crippen LogP contribution is 2.40. The topological polar surface area (TPSA) is 55.8 Å². The third-order valence-corrected chi connectivity index (χ3v) is 5.59. The second kappa shape index (κ2) is 10.7. The first kappa shape index (κ1) is 27.9. The number of benzene rings is 3. The SMILES string of the molecule is COc1ccc(Oc2cc(-c3ccc(C(F)(F)F)cc3)cc(C(CC(C)C)C(=O)O)c2)cc1C(F)(F)F. The Hall–Kier alpha value is -3.69. The predicted molar refractivity (Wildman–Crippen MR) is 125 cm³/mol. The standard InChI is InChI=1S/C27H24F6O4/c1-15(2)10-22(25(34)35)18-11-17(16-4-6-19(7-5-16)26(28,29)30)12-21(13-18)37-20-8-9-24(36-3)23(14-20)27(31,32)33/h4-9,11-15,22H,10H2,1-3H3,(H,34,35). The number of ether oxygens (including phenoxy) is 2. The lowest BCUT2D eigenvalue weighted by atomic mass is 9.88. The van der Waals surface area contributed by atoms with Crippen LogP contribution in [0.15, 0.2) is 60.7 Å². The number of hydrogen-bond acceptors (Lipinski definition) is 3. The van der Waals surface area contributed by atoms with Crippen molar-refractivity contribution in [3.05, 3.63) is 77.4 Å². The van der Waals surface area contributed by atoms with Crippen molar-refractivity contribution in [2.24, 2.45) is 5.92 Å². The van der Waals surface area contributed by atoms with Crippen molar-refractivity contribution in [1.29, 1.82) is 0 Å². The van der Waals surface area contributed by atoms with E-state index in [0.29, 0.717) is 16.7 Å². The van der Waals surface area contributed by atoms with Gasteiger partial charge in [-0.15, -0.1) is 0 Å². The molecule has 0 aliphatic carbocycles. The summed E-state index contributed by atoms with van der Waals surface area (Å²) in [7, 11) is 1.10. The molecule has 0 bridgehead atoms. The Balaban J connectivity index is 2.11. The van der Waals surface area contributed by atoms with Crippen LogP contribution >= 0.6 is 0 Å². The molecule has 4 nitrogen and oxygen atoms in total. The van der Waals surface area contributed by atoms with Crippen LogP contribution in [0, 0.1) is 5.92 Å². The van der Waals surface area contributed by atoms with Crippen LogP contribution in [-0.4, -0.2) is 18.2 Å². The zero-order valence-electron chi connectivity index (χ0n) is 20.1. The molecule has 0 aromatic heterocycles. The summed E-state index contributed by atoms with van der Waals surface area (Å²) in [5, 5.41) is 9.82. The smallest absolute Gasteiger partial charge is 0.420 e. The third kappa shape index (κ3) is 6.96. The minimum absolute atomic E-state index is 0.00359. The van der Waals surface area contributed by atoms with Gasteiger partial charge in [0.15, 0.2) is 0 Å². The van der Waals surface area contributed by atoms with E-state index in [1.807, 2.05) is 13.8 Å². The first-order valence-electron chi connectivity index (χ1n) is 11.2. The summed E-state index contributed by atoms with van der Waals surface area (Å²) in [5.41, 5.74) is -0.919. The normalized spacial score (nSPS) is 12.9. The Morgan fingerprint density at radius 3 is 2.00 bits per heavy atom. The molecule has 198 valence electrons. The van der Waals surface area contributed by atoms with Crippen LogP contribution in [0.3, 0.4) is 0 Å². The summed E-state index contributed by atoms with van der Waals surface area (Å²) in [5.74, 6) is -2.65. The van der Waals surface area contributed by atoms with Crippen LogP contribution in [0.25, 0.3) is 11.1 Å². The average Bonchev–Trinajstić information content (AvgIpc) is 2.81. The van der Waals surface area contributed by atoms with E-state index < -0.39 is 41.1 Å². The maximum atomic E-state index is 13.5. The summed E-state index contributed by atoms with van der Waals surface area (Å²) in [4.78, 5) is 12.0. The van der Waals surface area contributed by atoms with Gasteiger partial charge in [0.1, 0.15) is 22.8 Å². The van der Waals surface area contributed by atoms with Crippen LogP contribution in [0.4, 0.5) is 26.3 Å². The lowest BCUT2D eigenvalue weighted by Gasteiger charge is -2.19. The third-order valence-electron chi connectivity index (χ3n) is 5.59. The second-order valence-electron chi connectivity index (χ2n) is 8.85. The highest BCUT2D eigenvalue weighted by atomic mass is 19.4. The molecule has 0 amide bonds. The molecule has 3 aromatic carbocycles.